The molecule has 358 valence electrons. The monoisotopic (exact) mass is 968 g/mol. The van der Waals surface area contributed by atoms with E-state index in [-0.39, 0.29) is 0 Å². The van der Waals surface area contributed by atoms with Crippen LogP contribution in [0.3, 0.4) is 0 Å². The van der Waals surface area contributed by atoms with E-state index in [0.717, 1.165) is 56.4 Å². The van der Waals surface area contributed by atoms with Gasteiger partial charge in [0.2, 0.25) is 0 Å². The quantitative estimate of drug-likeness (QED) is 0.0889. The Balaban J connectivity index is 0.944. The van der Waals surface area contributed by atoms with Crippen LogP contribution >= 0.6 is 0 Å². The first-order valence-corrected chi connectivity index (χ1v) is 26.1. The van der Waals surface area contributed by atoms with Crippen LogP contribution in [0.25, 0.3) is 89.6 Å². The Hall–Kier alpha value is -10.0. The normalized spacial score (nSPS) is 11.6. The van der Waals surface area contributed by atoms with Gasteiger partial charge in [0.05, 0.1) is 0 Å². The molecular weight excluding hydrogens is 917 g/mol. The summed E-state index contributed by atoms with van der Waals surface area (Å²) in [5.41, 5.74) is 16.2. The Labute approximate surface area is 444 Å². The topological polar surface area (TPSA) is 6.48 Å². The number of hydrogen-bond donors (Lipinski definition) is 0. The molecule has 0 heterocycles. The van der Waals surface area contributed by atoms with Gasteiger partial charge in [-0.2, -0.15) is 0 Å². The van der Waals surface area contributed by atoms with Crippen molar-refractivity contribution in [1.29, 1.82) is 0 Å². The van der Waals surface area contributed by atoms with Crippen LogP contribution < -0.4 is 9.80 Å². The van der Waals surface area contributed by atoms with Crippen molar-refractivity contribution in [3.05, 3.63) is 313 Å². The molecule has 0 bridgehead atoms. The Morgan fingerprint density at radius 3 is 0.855 bits per heavy atom. The van der Waals surface area contributed by atoms with Gasteiger partial charge < -0.3 is 9.80 Å². The third-order valence-electron chi connectivity index (χ3n) is 14.6. The fourth-order valence-electron chi connectivity index (χ4n) is 11.0. The van der Waals surface area contributed by atoms with E-state index in [2.05, 4.69) is 325 Å². The molecule has 0 unspecified atom stereocenters. The second kappa shape index (κ2) is 20.5. The number of fused-ring (bicyclic) bond motifs is 5. The smallest absolute Gasteiger partial charge is 0.0462 e. The van der Waals surface area contributed by atoms with Crippen molar-refractivity contribution in [2.24, 2.45) is 0 Å². The maximum atomic E-state index is 2.40. The third-order valence-corrected chi connectivity index (χ3v) is 14.6. The van der Waals surface area contributed by atoms with Gasteiger partial charge in [0, 0.05) is 34.1 Å². The van der Waals surface area contributed by atoms with E-state index in [9.17, 15) is 0 Å². The molecule has 0 saturated heterocycles. The van der Waals surface area contributed by atoms with Gasteiger partial charge in [-0.3, -0.25) is 0 Å². The van der Waals surface area contributed by atoms with Gasteiger partial charge in [-0.05, 0) is 173 Å². The third kappa shape index (κ3) is 8.99. The van der Waals surface area contributed by atoms with Crippen LogP contribution in [0.4, 0.5) is 34.1 Å². The molecule has 13 rings (SSSR count). The summed E-state index contributed by atoms with van der Waals surface area (Å²) in [5, 5.41) is 9.77. The van der Waals surface area contributed by atoms with E-state index >= 15 is 0 Å². The minimum atomic E-state index is 1.11. The molecule has 13 aromatic carbocycles. The molecule has 13 aromatic rings. The highest BCUT2D eigenvalue weighted by Crippen LogP contribution is 2.49. The van der Waals surface area contributed by atoms with Crippen molar-refractivity contribution in [1.82, 2.24) is 0 Å². The van der Waals surface area contributed by atoms with Crippen molar-refractivity contribution in [2.45, 2.75) is 0 Å². The van der Waals surface area contributed by atoms with Crippen molar-refractivity contribution >= 4 is 102 Å². The first-order chi connectivity index (χ1) is 37.7. The van der Waals surface area contributed by atoms with E-state index in [0.29, 0.717) is 0 Å². The van der Waals surface area contributed by atoms with Gasteiger partial charge in [0.25, 0.3) is 0 Å². The molecule has 0 aromatic heterocycles. The Morgan fingerprint density at radius 2 is 0.487 bits per heavy atom. The lowest BCUT2D eigenvalue weighted by Crippen LogP contribution is -2.09. The first kappa shape index (κ1) is 45.8. The highest BCUT2D eigenvalue weighted by Gasteiger charge is 2.21. The molecule has 0 radical (unpaired) electrons. The molecule has 0 aliphatic rings. The summed E-state index contributed by atoms with van der Waals surface area (Å²) in [6, 6.07) is 105. The van der Waals surface area contributed by atoms with Crippen LogP contribution in [-0.2, 0) is 0 Å². The van der Waals surface area contributed by atoms with E-state index in [1.165, 1.54) is 65.3 Å². The van der Waals surface area contributed by atoms with Gasteiger partial charge in [0.1, 0.15) is 0 Å². The summed E-state index contributed by atoms with van der Waals surface area (Å²) < 4.78 is 0. The lowest BCUT2D eigenvalue weighted by atomic mass is 9.81. The second-order valence-corrected chi connectivity index (χ2v) is 19.3. The minimum absolute atomic E-state index is 1.11. The molecule has 0 N–H and O–H groups in total. The molecule has 0 amide bonds. The van der Waals surface area contributed by atoms with E-state index in [1.807, 2.05) is 0 Å². The number of rotatable bonds is 12. The van der Waals surface area contributed by atoms with E-state index in [4.69, 9.17) is 0 Å². The zero-order valence-electron chi connectivity index (χ0n) is 41.9. The number of para-hydroxylation sites is 4. The van der Waals surface area contributed by atoms with Crippen LogP contribution in [0.15, 0.2) is 291 Å². The number of benzene rings is 13. The Bertz CT molecular complexity index is 3870. The van der Waals surface area contributed by atoms with Gasteiger partial charge in [-0.25, -0.2) is 0 Å². The highest BCUT2D eigenvalue weighted by atomic mass is 15.1. The van der Waals surface area contributed by atoms with Crippen molar-refractivity contribution < 1.29 is 0 Å². The van der Waals surface area contributed by atoms with Crippen LogP contribution in [0.2, 0.25) is 0 Å². The molecule has 0 spiro atoms. The van der Waals surface area contributed by atoms with Crippen LogP contribution in [0, 0.1) is 0 Å². The second-order valence-electron chi connectivity index (χ2n) is 19.3. The van der Waals surface area contributed by atoms with Crippen LogP contribution in [0.5, 0.6) is 0 Å². The summed E-state index contributed by atoms with van der Waals surface area (Å²) >= 11 is 0. The van der Waals surface area contributed by atoms with E-state index in [1.54, 1.807) is 0 Å². The summed E-state index contributed by atoms with van der Waals surface area (Å²) in [7, 11) is 0. The maximum Gasteiger partial charge on any atom is 0.0462 e. The highest BCUT2D eigenvalue weighted by molar-refractivity contribution is 6.25. The lowest BCUT2D eigenvalue weighted by molar-refractivity contribution is 1.28. The molecular formula is C74H52N2. The van der Waals surface area contributed by atoms with Crippen LogP contribution in [0.1, 0.15) is 22.3 Å². The molecule has 0 saturated carbocycles. The largest absolute Gasteiger partial charge is 0.311 e. The predicted octanol–water partition coefficient (Wildman–Crippen LogP) is 20.9. The predicted molar refractivity (Wildman–Crippen MR) is 327 cm³/mol. The summed E-state index contributed by atoms with van der Waals surface area (Å²) in [6.07, 6.45) is 8.98. The van der Waals surface area contributed by atoms with Crippen LogP contribution in [-0.4, -0.2) is 0 Å². The molecule has 0 aliphatic carbocycles. The minimum Gasteiger partial charge on any atom is -0.311 e. The number of hydrogen-bond acceptors (Lipinski definition) is 2. The van der Waals surface area contributed by atoms with Crippen molar-refractivity contribution in [2.75, 3.05) is 9.80 Å². The van der Waals surface area contributed by atoms with Gasteiger partial charge >= 0.3 is 0 Å². The van der Waals surface area contributed by atoms with Crippen molar-refractivity contribution in [3.63, 3.8) is 0 Å². The lowest BCUT2D eigenvalue weighted by Gasteiger charge is -2.25. The first-order valence-electron chi connectivity index (χ1n) is 26.1. The fraction of sp³-hybridized carbons (Fsp3) is 0. The number of anilines is 6. The van der Waals surface area contributed by atoms with Crippen molar-refractivity contribution in [3.8, 4) is 22.3 Å². The molecule has 0 fully saturated rings. The van der Waals surface area contributed by atoms with Gasteiger partial charge in [-0.1, -0.05) is 231 Å². The fourth-order valence-corrected chi connectivity index (χ4v) is 11.0. The molecule has 2 nitrogen and oxygen atoms in total. The SMILES string of the molecule is C(=C\c1ccc2c(-c3cccc4ccccc34)c(-c3cccc4ccccc34)c3ccc(/C=C/c4ccc(N(c5ccccc5)c5ccccc5)cc4)cc3c2c1)/c1ccc(N(c2ccccc2)c2ccccc2)cc1. The zero-order chi connectivity index (χ0) is 50.6. The average molecular weight is 969 g/mol. The standard InChI is InChI=1S/C74H52N2/c1-5-23-59(24-6-1)75(60-25-7-2-8-26-60)63-45-39-53(40-46-63)35-37-55-43-49-69-71(51-55)72-52-56(38-36-54-41-47-64(48-42-54)76(61-27-9-3-10-28-61)62-29-11-4-12-30-62)44-50-70(72)74(68-34-18-22-58-20-14-16-32-66(58)68)73(69)67-33-17-21-57-19-13-15-31-65(57)67/h1-52H/b37-35+,38-36+. The summed E-state index contributed by atoms with van der Waals surface area (Å²) in [4.78, 5) is 4.60. The maximum absolute atomic E-state index is 2.40. The summed E-state index contributed by atoms with van der Waals surface area (Å²) in [6.45, 7) is 0. The Morgan fingerprint density at radius 1 is 0.197 bits per heavy atom. The Kier molecular flexibility index (Phi) is 12.3. The molecule has 2 heteroatoms. The summed E-state index contributed by atoms with van der Waals surface area (Å²) in [5.74, 6) is 0. The van der Waals surface area contributed by atoms with Gasteiger partial charge in [-0.15, -0.1) is 0 Å². The molecule has 0 aliphatic heterocycles. The number of nitrogens with zero attached hydrogens (tertiary/aromatic N) is 2. The molecule has 0 atom stereocenters. The zero-order valence-corrected chi connectivity index (χ0v) is 41.9. The average Bonchev–Trinajstić information content (AvgIpc) is 3.55. The van der Waals surface area contributed by atoms with Gasteiger partial charge in [0.15, 0.2) is 0 Å². The molecule has 76 heavy (non-hydrogen) atoms. The van der Waals surface area contributed by atoms with E-state index < -0.39 is 0 Å².